The van der Waals surface area contributed by atoms with E-state index in [2.05, 4.69) is 5.32 Å². The van der Waals surface area contributed by atoms with Crippen LogP contribution in [0.15, 0.2) is 65.6 Å². The van der Waals surface area contributed by atoms with E-state index in [0.29, 0.717) is 32.7 Å². The van der Waals surface area contributed by atoms with Crippen LogP contribution in [-0.2, 0) is 26.2 Å². The molecule has 1 aliphatic rings. The van der Waals surface area contributed by atoms with Crippen molar-refractivity contribution in [3.63, 3.8) is 0 Å². The summed E-state index contributed by atoms with van der Waals surface area (Å²) < 4.78 is 29.3. The maximum atomic E-state index is 14.4. The van der Waals surface area contributed by atoms with Crippen molar-refractivity contribution < 1.29 is 18.0 Å². The van der Waals surface area contributed by atoms with Crippen LogP contribution < -0.4 is 9.62 Å². The third-order valence-corrected chi connectivity index (χ3v) is 10.9. The molecule has 1 fully saturated rings. The molecule has 11 heteroatoms. The van der Waals surface area contributed by atoms with E-state index in [1.165, 1.54) is 29.2 Å². The molecule has 0 bridgehead atoms. The molecule has 0 aliphatic heterocycles. The topological polar surface area (TPSA) is 86.8 Å². The van der Waals surface area contributed by atoms with Gasteiger partial charge in [0.25, 0.3) is 10.0 Å². The van der Waals surface area contributed by atoms with Crippen LogP contribution in [0.3, 0.4) is 0 Å². The van der Waals surface area contributed by atoms with Gasteiger partial charge in [-0.15, -0.1) is 0 Å². The fraction of sp³-hybridized carbons (Fsp3) is 0.394. The lowest BCUT2D eigenvalue weighted by atomic mass is 9.95. The van der Waals surface area contributed by atoms with Crippen molar-refractivity contribution in [3.05, 3.63) is 92.4 Å². The molecule has 1 atom stereocenters. The molecule has 4 rings (SSSR count). The second-order valence-corrected chi connectivity index (χ2v) is 14.3. The number of aryl methyl sites for hydroxylation is 2. The van der Waals surface area contributed by atoms with Gasteiger partial charge in [-0.3, -0.25) is 13.9 Å². The van der Waals surface area contributed by atoms with Crippen LogP contribution in [0.2, 0.25) is 15.1 Å². The molecule has 1 N–H and O–H groups in total. The summed E-state index contributed by atoms with van der Waals surface area (Å²) in [7, 11) is -4.22. The maximum absolute atomic E-state index is 14.4. The monoisotopic (exact) mass is 677 g/mol. The number of carbonyl (C=O) groups is 2. The molecule has 0 heterocycles. The molecule has 7 nitrogen and oxygen atoms in total. The van der Waals surface area contributed by atoms with E-state index in [4.69, 9.17) is 34.8 Å². The number of rotatable bonds is 11. The molecule has 1 saturated carbocycles. The lowest BCUT2D eigenvalue weighted by Gasteiger charge is -2.35. The average molecular weight is 679 g/mol. The van der Waals surface area contributed by atoms with Crippen LogP contribution in [-0.4, -0.2) is 43.8 Å². The van der Waals surface area contributed by atoms with E-state index in [-0.39, 0.29) is 23.4 Å². The summed E-state index contributed by atoms with van der Waals surface area (Å²) in [6, 6.07) is 15.2. The van der Waals surface area contributed by atoms with E-state index in [1.54, 1.807) is 30.3 Å². The van der Waals surface area contributed by atoms with Crippen LogP contribution in [0, 0.1) is 13.8 Å². The molecule has 2 amide bonds. The van der Waals surface area contributed by atoms with Crippen LogP contribution in [0.5, 0.6) is 0 Å². The molecule has 0 spiro atoms. The highest BCUT2D eigenvalue weighted by molar-refractivity contribution is 7.92. The van der Waals surface area contributed by atoms with Crippen LogP contribution in [0.4, 0.5) is 5.69 Å². The zero-order valence-corrected chi connectivity index (χ0v) is 28.2. The van der Waals surface area contributed by atoms with Crippen molar-refractivity contribution >= 4 is 62.3 Å². The predicted octanol–water partition coefficient (Wildman–Crippen LogP) is 7.72. The summed E-state index contributed by atoms with van der Waals surface area (Å²) in [5, 5.41) is 4.21. The van der Waals surface area contributed by atoms with Gasteiger partial charge in [0.05, 0.1) is 10.6 Å². The lowest BCUT2D eigenvalue weighted by Crippen LogP contribution is -2.54. The number of hydrogen-bond acceptors (Lipinski definition) is 4. The quantitative estimate of drug-likeness (QED) is 0.225. The number of carbonyl (C=O) groups excluding carboxylic acids is 2. The normalized spacial score (nSPS) is 14.6. The van der Waals surface area contributed by atoms with Crippen molar-refractivity contribution in [3.8, 4) is 0 Å². The lowest BCUT2D eigenvalue weighted by molar-refractivity contribution is -0.140. The third-order valence-electron chi connectivity index (χ3n) is 8.19. The van der Waals surface area contributed by atoms with Gasteiger partial charge < -0.3 is 10.2 Å². The molecular formula is C33H38Cl3N3O4S. The van der Waals surface area contributed by atoms with Crippen molar-refractivity contribution in [2.24, 2.45) is 0 Å². The molecular weight excluding hydrogens is 641 g/mol. The highest BCUT2D eigenvalue weighted by Gasteiger charge is 2.35. The van der Waals surface area contributed by atoms with Crippen molar-refractivity contribution in [2.45, 2.75) is 82.8 Å². The SMILES string of the molecule is CC[C@@H](C(=O)NC1CCCCC1)N(Cc1c(Cl)cccc1Cl)C(=O)CN(c1ccc(C)c(C)c1)S(=O)(=O)c1ccc(Cl)cc1. The van der Waals surface area contributed by atoms with Crippen LogP contribution in [0.25, 0.3) is 0 Å². The largest absolute Gasteiger partial charge is 0.352 e. The standard InChI is InChI=1S/C33H38Cl3N3O4S/c1-4-31(33(41)37-25-9-6-5-7-10-25)38(20-28-29(35)11-8-12-30(28)36)32(40)21-39(26-16-13-22(2)23(3)19-26)44(42,43)27-17-14-24(34)15-18-27/h8,11-19,25,31H,4-7,9-10,20-21H2,1-3H3,(H,37,41)/t31-/m0/s1. The second kappa shape index (κ2) is 15.0. The van der Waals surface area contributed by atoms with E-state index < -0.39 is 28.5 Å². The number of anilines is 1. The number of sulfonamides is 1. The highest BCUT2D eigenvalue weighted by Crippen LogP contribution is 2.30. The predicted molar refractivity (Wildman–Crippen MR) is 178 cm³/mol. The summed E-state index contributed by atoms with van der Waals surface area (Å²) in [5.74, 6) is -0.850. The Morgan fingerprint density at radius 2 is 1.55 bits per heavy atom. The number of nitrogens with zero attached hydrogens (tertiary/aromatic N) is 2. The Balaban J connectivity index is 1.76. The van der Waals surface area contributed by atoms with Gasteiger partial charge in [0.2, 0.25) is 11.8 Å². The first-order chi connectivity index (χ1) is 20.9. The Morgan fingerprint density at radius 3 is 2.14 bits per heavy atom. The summed E-state index contributed by atoms with van der Waals surface area (Å²) in [6.07, 6.45) is 5.27. The van der Waals surface area contributed by atoms with Gasteiger partial charge in [0.1, 0.15) is 12.6 Å². The van der Waals surface area contributed by atoms with Gasteiger partial charge in [0.15, 0.2) is 0 Å². The molecule has 3 aromatic rings. The van der Waals surface area contributed by atoms with Gasteiger partial charge in [-0.05, 0) is 92.8 Å². The van der Waals surface area contributed by atoms with E-state index in [9.17, 15) is 18.0 Å². The van der Waals surface area contributed by atoms with Crippen molar-refractivity contribution in [1.29, 1.82) is 0 Å². The van der Waals surface area contributed by atoms with Gasteiger partial charge in [-0.1, -0.05) is 73.1 Å². The number of amides is 2. The van der Waals surface area contributed by atoms with E-state index >= 15 is 0 Å². The molecule has 3 aromatic carbocycles. The Hall–Kier alpha value is -2.78. The van der Waals surface area contributed by atoms with Gasteiger partial charge >= 0.3 is 0 Å². The first kappa shape index (κ1) is 34.1. The van der Waals surface area contributed by atoms with Crippen molar-refractivity contribution in [2.75, 3.05) is 10.8 Å². The summed E-state index contributed by atoms with van der Waals surface area (Å²) >= 11 is 19.1. The van der Waals surface area contributed by atoms with Gasteiger partial charge in [0, 0.05) is 33.2 Å². The zero-order valence-electron chi connectivity index (χ0n) is 25.2. The summed E-state index contributed by atoms with van der Waals surface area (Å²) in [4.78, 5) is 29.5. The fourth-order valence-corrected chi connectivity index (χ4v) is 7.51. The minimum atomic E-state index is -4.22. The fourth-order valence-electron chi connectivity index (χ4n) is 5.46. The van der Waals surface area contributed by atoms with E-state index in [0.717, 1.165) is 47.5 Å². The molecule has 44 heavy (non-hydrogen) atoms. The maximum Gasteiger partial charge on any atom is 0.264 e. The Morgan fingerprint density at radius 1 is 0.909 bits per heavy atom. The minimum Gasteiger partial charge on any atom is -0.352 e. The minimum absolute atomic E-state index is 0.0179. The zero-order chi connectivity index (χ0) is 32.0. The molecule has 0 radical (unpaired) electrons. The summed E-state index contributed by atoms with van der Waals surface area (Å²) in [5.41, 5.74) is 2.65. The number of halogens is 3. The Labute approximate surface area is 275 Å². The molecule has 0 aromatic heterocycles. The molecule has 236 valence electrons. The number of benzene rings is 3. The smallest absolute Gasteiger partial charge is 0.264 e. The van der Waals surface area contributed by atoms with Crippen LogP contribution >= 0.6 is 34.8 Å². The summed E-state index contributed by atoms with van der Waals surface area (Å²) in [6.45, 7) is 5.00. The first-order valence-corrected chi connectivity index (χ1v) is 17.4. The van der Waals surface area contributed by atoms with Crippen LogP contribution in [0.1, 0.15) is 62.1 Å². The van der Waals surface area contributed by atoms with E-state index in [1.807, 2.05) is 26.8 Å². The Kier molecular flexibility index (Phi) is 11.6. The molecule has 0 saturated heterocycles. The molecule has 1 aliphatic carbocycles. The second-order valence-electron chi connectivity index (χ2n) is 11.2. The first-order valence-electron chi connectivity index (χ1n) is 14.8. The average Bonchev–Trinajstić information content (AvgIpc) is 2.99. The number of nitrogens with one attached hydrogen (secondary N) is 1. The molecule has 0 unspecified atom stereocenters. The van der Waals surface area contributed by atoms with Gasteiger partial charge in [-0.2, -0.15) is 0 Å². The van der Waals surface area contributed by atoms with Gasteiger partial charge in [-0.25, -0.2) is 8.42 Å². The number of hydrogen-bond donors (Lipinski definition) is 1. The van der Waals surface area contributed by atoms with Crippen molar-refractivity contribution in [1.82, 2.24) is 10.2 Å². The highest BCUT2D eigenvalue weighted by atomic mass is 35.5. The third kappa shape index (κ3) is 8.08. The Bertz CT molecular complexity index is 1570.